The number of hydrogen-bond donors (Lipinski definition) is 0. The van der Waals surface area contributed by atoms with Gasteiger partial charge in [0.2, 0.25) is 5.95 Å². The van der Waals surface area contributed by atoms with E-state index in [0.29, 0.717) is 0 Å². The van der Waals surface area contributed by atoms with Crippen LogP contribution in [0.2, 0.25) is 0 Å². The van der Waals surface area contributed by atoms with E-state index in [1.165, 1.54) is 0 Å². The van der Waals surface area contributed by atoms with Gasteiger partial charge in [-0.05, 0) is 37.8 Å². The molecular weight excluding hydrogens is 484 g/mol. The van der Waals surface area contributed by atoms with Crippen LogP contribution in [0.25, 0.3) is 22.0 Å². The third-order valence-electron chi connectivity index (χ3n) is 6.74. The summed E-state index contributed by atoms with van der Waals surface area (Å²) in [5.41, 5.74) is 4.00. The number of benzene rings is 2. The number of aromatic nitrogens is 3. The van der Waals surface area contributed by atoms with Gasteiger partial charge >= 0.3 is 0 Å². The Balaban J connectivity index is 0.000000412. The Labute approximate surface area is 222 Å². The lowest BCUT2D eigenvalue weighted by atomic mass is 10.0. The van der Waals surface area contributed by atoms with E-state index in [-0.39, 0.29) is 0 Å². The second kappa shape index (κ2) is 11.9. The van der Waals surface area contributed by atoms with Crippen molar-refractivity contribution in [3.05, 3.63) is 66.1 Å². The number of morpholine rings is 1. The van der Waals surface area contributed by atoms with Gasteiger partial charge in [0.1, 0.15) is 11.6 Å². The van der Waals surface area contributed by atoms with E-state index in [1.807, 2.05) is 50.2 Å². The predicted molar refractivity (Wildman–Crippen MR) is 151 cm³/mol. The highest BCUT2D eigenvalue weighted by Crippen LogP contribution is 2.34. The fraction of sp³-hybridized carbons (Fsp3) is 0.393. The minimum atomic E-state index is 0.719. The fourth-order valence-corrected chi connectivity index (χ4v) is 5.29. The molecule has 0 amide bonds. The van der Waals surface area contributed by atoms with Gasteiger partial charge in [0.05, 0.1) is 24.4 Å². The molecule has 0 radical (unpaired) electrons. The van der Waals surface area contributed by atoms with E-state index in [2.05, 4.69) is 43.7 Å². The molecular formula is C28H34N6O2S. The number of piperazine rings is 1. The van der Waals surface area contributed by atoms with Crippen molar-refractivity contribution in [1.82, 2.24) is 19.4 Å². The predicted octanol–water partition coefficient (Wildman–Crippen LogP) is 4.82. The molecule has 0 N–H and O–H groups in total. The third kappa shape index (κ3) is 5.89. The van der Waals surface area contributed by atoms with Gasteiger partial charge in [0, 0.05) is 50.2 Å². The zero-order valence-electron chi connectivity index (χ0n) is 21.8. The van der Waals surface area contributed by atoms with Crippen molar-refractivity contribution in [1.29, 1.82) is 0 Å². The monoisotopic (exact) mass is 518 g/mol. The molecule has 2 fully saturated rings. The second-order valence-corrected chi connectivity index (χ2v) is 10.0. The summed E-state index contributed by atoms with van der Waals surface area (Å²) in [5, 5.41) is 5.19. The SMILES string of the molecule is CSN1CCN(c2nc(N3CCOCC3)c3cc(-c4c(C)noc4C)ccc3n2)CC1.c1ccccc1. The first-order chi connectivity index (χ1) is 18.1. The van der Waals surface area contributed by atoms with E-state index < -0.39 is 0 Å². The van der Waals surface area contributed by atoms with Crippen molar-refractivity contribution in [2.75, 3.05) is 68.5 Å². The van der Waals surface area contributed by atoms with Crippen LogP contribution in [0.5, 0.6) is 0 Å². The molecule has 0 aliphatic carbocycles. The van der Waals surface area contributed by atoms with Gasteiger partial charge < -0.3 is 19.1 Å². The average Bonchev–Trinajstić information content (AvgIpc) is 3.31. The van der Waals surface area contributed by atoms with E-state index in [4.69, 9.17) is 19.2 Å². The Kier molecular flexibility index (Phi) is 8.23. The molecule has 2 saturated heterocycles. The second-order valence-electron chi connectivity index (χ2n) is 9.13. The maximum Gasteiger partial charge on any atom is 0.227 e. The highest BCUT2D eigenvalue weighted by molar-refractivity contribution is 7.96. The molecule has 9 heteroatoms. The summed E-state index contributed by atoms with van der Waals surface area (Å²) in [6.45, 7) is 10.9. The van der Waals surface area contributed by atoms with Crippen molar-refractivity contribution >= 4 is 34.6 Å². The zero-order valence-corrected chi connectivity index (χ0v) is 22.6. The number of hydrogen-bond acceptors (Lipinski definition) is 9. The number of ether oxygens (including phenoxy) is 1. The molecule has 2 aliphatic heterocycles. The first-order valence-corrected chi connectivity index (χ1v) is 13.9. The Bertz CT molecular complexity index is 1250. The van der Waals surface area contributed by atoms with Crippen LogP contribution < -0.4 is 9.80 Å². The van der Waals surface area contributed by atoms with Gasteiger partial charge in [-0.3, -0.25) is 0 Å². The molecule has 0 saturated carbocycles. The van der Waals surface area contributed by atoms with Gasteiger partial charge in [-0.1, -0.05) is 59.6 Å². The van der Waals surface area contributed by atoms with E-state index in [9.17, 15) is 0 Å². The zero-order chi connectivity index (χ0) is 25.6. The largest absolute Gasteiger partial charge is 0.378 e. The number of aryl methyl sites for hydroxylation is 2. The lowest BCUT2D eigenvalue weighted by Gasteiger charge is -2.34. The van der Waals surface area contributed by atoms with Crippen LogP contribution in [0.15, 0.2) is 59.1 Å². The van der Waals surface area contributed by atoms with Gasteiger partial charge in [0.25, 0.3) is 0 Å². The van der Waals surface area contributed by atoms with Crippen molar-refractivity contribution in [3.8, 4) is 11.1 Å². The number of fused-ring (bicyclic) bond motifs is 1. The van der Waals surface area contributed by atoms with Gasteiger partial charge in [0.15, 0.2) is 0 Å². The topological polar surface area (TPSA) is 70.8 Å². The lowest BCUT2D eigenvalue weighted by molar-refractivity contribution is 0.122. The summed E-state index contributed by atoms with van der Waals surface area (Å²) in [7, 11) is 0. The van der Waals surface area contributed by atoms with Crippen LogP contribution in [0, 0.1) is 13.8 Å². The molecule has 2 aliphatic rings. The van der Waals surface area contributed by atoms with Gasteiger partial charge in [-0.15, -0.1) is 0 Å². The Morgan fingerprint density at radius 2 is 1.49 bits per heavy atom. The highest BCUT2D eigenvalue weighted by Gasteiger charge is 2.23. The van der Waals surface area contributed by atoms with Crippen LogP contribution >= 0.6 is 11.9 Å². The smallest absolute Gasteiger partial charge is 0.227 e. The van der Waals surface area contributed by atoms with Crippen molar-refractivity contribution < 1.29 is 9.26 Å². The molecule has 4 aromatic rings. The van der Waals surface area contributed by atoms with E-state index >= 15 is 0 Å². The van der Waals surface area contributed by atoms with Crippen molar-refractivity contribution in [3.63, 3.8) is 0 Å². The van der Waals surface area contributed by atoms with Crippen molar-refractivity contribution in [2.24, 2.45) is 0 Å². The summed E-state index contributed by atoms with van der Waals surface area (Å²) in [5.74, 6) is 2.64. The molecule has 2 aromatic heterocycles. The van der Waals surface area contributed by atoms with Gasteiger partial charge in [-0.2, -0.15) is 4.98 Å². The molecule has 37 heavy (non-hydrogen) atoms. The first-order valence-electron chi connectivity index (χ1n) is 12.8. The molecule has 0 spiro atoms. The summed E-state index contributed by atoms with van der Waals surface area (Å²) in [6, 6.07) is 18.4. The summed E-state index contributed by atoms with van der Waals surface area (Å²) < 4.78 is 13.4. The average molecular weight is 519 g/mol. The minimum Gasteiger partial charge on any atom is -0.378 e. The summed E-state index contributed by atoms with van der Waals surface area (Å²) >= 11 is 1.80. The van der Waals surface area contributed by atoms with Gasteiger partial charge in [-0.25, -0.2) is 9.29 Å². The third-order valence-corrected chi connectivity index (χ3v) is 7.62. The standard InChI is InChI=1S/C22H28N6O2S.C6H6/c1-15-20(16(2)30-25-15)17-4-5-19-18(14-17)21(26-10-12-29-13-11-26)24-22(23-19)27-6-8-28(31-3)9-7-27;1-2-4-6-5-3-1/h4-5,14H,6-13H2,1-3H3;1-6H. The minimum absolute atomic E-state index is 0.719. The molecule has 2 aromatic carbocycles. The quantitative estimate of drug-likeness (QED) is 0.354. The Morgan fingerprint density at radius 1 is 0.811 bits per heavy atom. The fourth-order valence-electron chi connectivity index (χ4n) is 4.76. The van der Waals surface area contributed by atoms with Crippen LogP contribution in [0.3, 0.4) is 0 Å². The molecule has 0 atom stereocenters. The van der Waals surface area contributed by atoms with E-state index in [1.54, 1.807) is 11.9 Å². The molecule has 6 rings (SSSR count). The maximum absolute atomic E-state index is 5.59. The van der Waals surface area contributed by atoms with Crippen LogP contribution in [0.1, 0.15) is 11.5 Å². The number of nitrogens with zero attached hydrogens (tertiary/aromatic N) is 6. The number of rotatable bonds is 4. The molecule has 8 nitrogen and oxygen atoms in total. The molecule has 0 bridgehead atoms. The molecule has 0 unspecified atom stereocenters. The Morgan fingerprint density at radius 3 is 2.08 bits per heavy atom. The molecule has 4 heterocycles. The molecule has 194 valence electrons. The first kappa shape index (κ1) is 25.5. The summed E-state index contributed by atoms with van der Waals surface area (Å²) in [4.78, 5) is 14.7. The highest BCUT2D eigenvalue weighted by atomic mass is 32.2. The van der Waals surface area contributed by atoms with Crippen LogP contribution in [-0.4, -0.2) is 78.2 Å². The normalized spacial score (nSPS) is 16.5. The lowest BCUT2D eigenvalue weighted by Crippen LogP contribution is -2.44. The van der Waals surface area contributed by atoms with Crippen LogP contribution in [-0.2, 0) is 4.74 Å². The van der Waals surface area contributed by atoms with E-state index in [0.717, 1.165) is 97.7 Å². The van der Waals surface area contributed by atoms with Crippen LogP contribution in [0.4, 0.5) is 11.8 Å². The number of anilines is 2. The summed E-state index contributed by atoms with van der Waals surface area (Å²) in [6.07, 6.45) is 2.13. The van der Waals surface area contributed by atoms with Crippen molar-refractivity contribution in [2.45, 2.75) is 13.8 Å². The maximum atomic E-state index is 5.59. The Hall–Kier alpha value is -3.14.